The molecule has 1 saturated heterocycles. The summed E-state index contributed by atoms with van der Waals surface area (Å²) in [5.74, 6) is 0. The van der Waals surface area contributed by atoms with Crippen LogP contribution in [0.15, 0.2) is 60.0 Å². The van der Waals surface area contributed by atoms with Crippen LogP contribution in [-0.2, 0) is 11.2 Å². The van der Waals surface area contributed by atoms with Crippen molar-refractivity contribution in [3.8, 4) is 17.3 Å². The van der Waals surface area contributed by atoms with Crippen LogP contribution in [0.25, 0.3) is 11.3 Å². The summed E-state index contributed by atoms with van der Waals surface area (Å²) in [6.07, 6.45) is 0.366. The predicted molar refractivity (Wildman–Crippen MR) is 100 cm³/mol. The third-order valence-electron chi connectivity index (χ3n) is 4.28. The number of rotatable bonds is 4. The van der Waals surface area contributed by atoms with E-state index in [2.05, 4.69) is 11.1 Å². The van der Waals surface area contributed by atoms with Crippen molar-refractivity contribution < 1.29 is 9.53 Å². The van der Waals surface area contributed by atoms with Crippen molar-refractivity contribution >= 4 is 22.6 Å². The van der Waals surface area contributed by atoms with Gasteiger partial charge in [-0.3, -0.25) is 0 Å². The van der Waals surface area contributed by atoms with Crippen LogP contribution in [0.3, 0.4) is 0 Å². The number of hydrogen-bond donors (Lipinski definition) is 0. The molecular weight excluding hydrogens is 346 g/mol. The Labute approximate surface area is 155 Å². The lowest BCUT2D eigenvalue weighted by Gasteiger charge is -2.18. The number of nitrogens with zero attached hydrogens (tertiary/aromatic N) is 3. The van der Waals surface area contributed by atoms with Crippen molar-refractivity contribution in [3.05, 3.63) is 71.1 Å². The van der Waals surface area contributed by atoms with E-state index in [-0.39, 0.29) is 12.1 Å². The van der Waals surface area contributed by atoms with Crippen molar-refractivity contribution in [2.24, 2.45) is 0 Å². The molecule has 4 rings (SSSR count). The molecule has 2 aromatic carbocycles. The van der Waals surface area contributed by atoms with Gasteiger partial charge in [0.05, 0.1) is 23.4 Å². The van der Waals surface area contributed by atoms with Gasteiger partial charge < -0.3 is 4.74 Å². The van der Waals surface area contributed by atoms with Gasteiger partial charge in [0.25, 0.3) is 0 Å². The van der Waals surface area contributed by atoms with Gasteiger partial charge >= 0.3 is 6.09 Å². The largest absolute Gasteiger partial charge is 0.447 e. The fourth-order valence-electron chi connectivity index (χ4n) is 2.95. The van der Waals surface area contributed by atoms with Crippen molar-refractivity contribution in [1.29, 1.82) is 5.26 Å². The SMILES string of the molecule is N#Cc1ccc(-c2csc(N3C(=O)OCC3Cc3ccccc3)n2)cc1. The van der Waals surface area contributed by atoms with Crippen LogP contribution in [0.5, 0.6) is 0 Å². The van der Waals surface area contributed by atoms with Crippen molar-refractivity contribution in [2.75, 3.05) is 11.5 Å². The molecule has 0 radical (unpaired) electrons. The molecule has 2 heterocycles. The van der Waals surface area contributed by atoms with Gasteiger partial charge in [0, 0.05) is 10.9 Å². The number of nitriles is 1. The normalized spacial score (nSPS) is 16.3. The zero-order valence-electron chi connectivity index (χ0n) is 13.8. The number of cyclic esters (lactones) is 1. The Morgan fingerprint density at radius 2 is 1.96 bits per heavy atom. The predicted octanol–water partition coefficient (Wildman–Crippen LogP) is 4.25. The molecule has 26 heavy (non-hydrogen) atoms. The lowest BCUT2D eigenvalue weighted by Crippen LogP contribution is -2.34. The van der Waals surface area contributed by atoms with E-state index in [9.17, 15) is 4.79 Å². The third kappa shape index (κ3) is 3.17. The van der Waals surface area contributed by atoms with Crippen LogP contribution in [0, 0.1) is 11.3 Å². The first-order valence-electron chi connectivity index (χ1n) is 8.20. The summed E-state index contributed by atoms with van der Waals surface area (Å²) in [7, 11) is 0. The molecule has 0 aliphatic carbocycles. The van der Waals surface area contributed by atoms with Gasteiger partial charge in [0.15, 0.2) is 5.13 Å². The number of carbonyl (C=O) groups is 1. The number of hydrogen-bond acceptors (Lipinski definition) is 5. The van der Waals surface area contributed by atoms with E-state index in [0.29, 0.717) is 17.3 Å². The lowest BCUT2D eigenvalue weighted by atomic mass is 10.1. The van der Waals surface area contributed by atoms with Crippen LogP contribution < -0.4 is 4.90 Å². The smallest absolute Gasteiger partial charge is 0.416 e. The maximum Gasteiger partial charge on any atom is 0.416 e. The Balaban J connectivity index is 1.58. The number of benzene rings is 2. The minimum Gasteiger partial charge on any atom is -0.447 e. The van der Waals surface area contributed by atoms with Crippen LogP contribution in [0.1, 0.15) is 11.1 Å². The maximum absolute atomic E-state index is 12.2. The number of aromatic nitrogens is 1. The molecule has 0 saturated carbocycles. The summed E-state index contributed by atoms with van der Waals surface area (Å²) in [4.78, 5) is 18.5. The quantitative estimate of drug-likeness (QED) is 0.697. The minimum absolute atomic E-state index is 0.0649. The molecule has 128 valence electrons. The second-order valence-corrected chi connectivity index (χ2v) is 6.83. The molecule has 1 aromatic heterocycles. The van der Waals surface area contributed by atoms with Crippen molar-refractivity contribution in [1.82, 2.24) is 4.98 Å². The van der Waals surface area contributed by atoms with E-state index in [1.54, 1.807) is 17.0 Å². The van der Waals surface area contributed by atoms with E-state index in [4.69, 9.17) is 10.00 Å². The van der Waals surface area contributed by atoms with E-state index in [1.807, 2.05) is 47.8 Å². The van der Waals surface area contributed by atoms with Crippen LogP contribution in [-0.4, -0.2) is 23.7 Å². The summed E-state index contributed by atoms with van der Waals surface area (Å²) in [5.41, 5.74) is 3.46. The highest BCUT2D eigenvalue weighted by atomic mass is 32.1. The molecule has 0 spiro atoms. The van der Waals surface area contributed by atoms with E-state index < -0.39 is 0 Å². The molecule has 1 atom stereocenters. The summed E-state index contributed by atoms with van der Waals surface area (Å²) in [6.45, 7) is 0.361. The Kier molecular flexibility index (Phi) is 4.38. The molecule has 1 fully saturated rings. The minimum atomic E-state index is -0.355. The highest BCUT2D eigenvalue weighted by molar-refractivity contribution is 7.14. The topological polar surface area (TPSA) is 66.2 Å². The van der Waals surface area contributed by atoms with Gasteiger partial charge in [-0.2, -0.15) is 5.26 Å². The van der Waals surface area contributed by atoms with Crippen LogP contribution in [0.4, 0.5) is 9.93 Å². The maximum atomic E-state index is 12.2. The molecule has 3 aromatic rings. The number of amides is 1. The fraction of sp³-hybridized carbons (Fsp3) is 0.150. The highest BCUT2D eigenvalue weighted by Crippen LogP contribution is 2.32. The fourth-order valence-corrected chi connectivity index (χ4v) is 3.85. The van der Waals surface area contributed by atoms with E-state index in [1.165, 1.54) is 11.3 Å². The van der Waals surface area contributed by atoms with Crippen LogP contribution in [0.2, 0.25) is 0 Å². The summed E-state index contributed by atoms with van der Waals surface area (Å²) in [5, 5.41) is 11.5. The zero-order chi connectivity index (χ0) is 17.9. The van der Waals surface area contributed by atoms with Gasteiger partial charge in [-0.15, -0.1) is 11.3 Å². The molecule has 5 nitrogen and oxygen atoms in total. The van der Waals surface area contributed by atoms with Crippen molar-refractivity contribution in [2.45, 2.75) is 12.5 Å². The zero-order valence-corrected chi connectivity index (χ0v) is 14.6. The van der Waals surface area contributed by atoms with E-state index >= 15 is 0 Å². The van der Waals surface area contributed by atoms with Crippen LogP contribution >= 0.6 is 11.3 Å². The van der Waals surface area contributed by atoms with E-state index in [0.717, 1.165) is 23.2 Å². The number of ether oxygens (including phenoxy) is 1. The first kappa shape index (κ1) is 16.3. The second kappa shape index (κ2) is 6.98. The van der Waals surface area contributed by atoms with Gasteiger partial charge in [-0.1, -0.05) is 42.5 Å². The van der Waals surface area contributed by atoms with Gasteiger partial charge in [0.2, 0.25) is 0 Å². The molecule has 0 bridgehead atoms. The Morgan fingerprint density at radius 3 is 2.69 bits per heavy atom. The summed E-state index contributed by atoms with van der Waals surface area (Å²) in [6, 6.07) is 19.3. The lowest BCUT2D eigenvalue weighted by molar-refractivity contribution is 0.178. The molecule has 1 amide bonds. The molecule has 1 unspecified atom stereocenters. The Morgan fingerprint density at radius 1 is 1.19 bits per heavy atom. The van der Waals surface area contributed by atoms with Crippen molar-refractivity contribution in [3.63, 3.8) is 0 Å². The summed E-state index contributed by atoms with van der Waals surface area (Å²) >= 11 is 1.42. The van der Waals surface area contributed by atoms with Gasteiger partial charge in [0.1, 0.15) is 6.61 Å². The highest BCUT2D eigenvalue weighted by Gasteiger charge is 2.36. The average Bonchev–Trinajstić information content (AvgIpc) is 3.29. The first-order chi connectivity index (χ1) is 12.7. The molecular formula is C20H15N3O2S. The number of thiazole rings is 1. The Hall–Kier alpha value is -3.17. The molecule has 1 aliphatic heterocycles. The summed E-state index contributed by atoms with van der Waals surface area (Å²) < 4.78 is 5.27. The number of anilines is 1. The average molecular weight is 361 g/mol. The first-order valence-corrected chi connectivity index (χ1v) is 9.08. The monoisotopic (exact) mass is 361 g/mol. The third-order valence-corrected chi connectivity index (χ3v) is 5.12. The van der Waals surface area contributed by atoms with Gasteiger partial charge in [-0.05, 0) is 24.1 Å². The number of carbonyl (C=O) groups excluding carboxylic acids is 1. The second-order valence-electron chi connectivity index (χ2n) is 5.99. The molecule has 1 aliphatic rings. The van der Waals surface area contributed by atoms with Gasteiger partial charge in [-0.25, -0.2) is 14.7 Å². The Bertz CT molecular complexity index is 961. The molecule has 0 N–H and O–H groups in total. The molecule has 6 heteroatoms. The standard InChI is InChI=1S/C20H15N3O2S/c21-11-15-6-8-16(9-7-15)18-13-26-19(22-18)23-17(12-25-20(23)24)10-14-4-2-1-3-5-14/h1-9,13,17H,10,12H2.